The summed E-state index contributed by atoms with van der Waals surface area (Å²) < 4.78 is 7.29. The van der Waals surface area contributed by atoms with Crippen molar-refractivity contribution in [2.75, 3.05) is 0 Å². The van der Waals surface area contributed by atoms with Crippen molar-refractivity contribution in [3.8, 4) is 39.3 Å². The highest BCUT2D eigenvalue weighted by molar-refractivity contribution is 6.13. The molecule has 0 unspecified atom stereocenters. The van der Waals surface area contributed by atoms with Crippen molar-refractivity contribution in [3.05, 3.63) is 212 Å². The third-order valence-electron chi connectivity index (χ3n) is 11.9. The van der Waals surface area contributed by atoms with Crippen LogP contribution in [0.3, 0.4) is 0 Å². The van der Waals surface area contributed by atoms with E-state index in [0.717, 1.165) is 11.4 Å². The van der Waals surface area contributed by atoms with Crippen molar-refractivity contribution in [1.82, 2.24) is 13.7 Å². The van der Waals surface area contributed by atoms with E-state index >= 15 is 0 Å². The highest BCUT2D eigenvalue weighted by Gasteiger charge is 2.19. The van der Waals surface area contributed by atoms with Crippen LogP contribution in [0.25, 0.3) is 105 Å². The SMILES string of the molecule is c1ccc(-c2ccc(-n3c4ccccc4c4cc(-n5c6ccccc6c6ccc(-c7ccccc7-n7c8ccccc8c8ccccc87)cc65)ccc43)cc2)cc1. The molecule has 12 rings (SSSR count). The molecule has 0 radical (unpaired) electrons. The van der Waals surface area contributed by atoms with Gasteiger partial charge in [-0.1, -0.05) is 146 Å². The highest BCUT2D eigenvalue weighted by atomic mass is 15.0. The molecule has 0 amide bonds. The van der Waals surface area contributed by atoms with Gasteiger partial charge < -0.3 is 13.7 Å². The van der Waals surface area contributed by atoms with Gasteiger partial charge in [0.15, 0.2) is 0 Å². The van der Waals surface area contributed by atoms with Gasteiger partial charge in [0.2, 0.25) is 0 Å². The number of hydrogen-bond donors (Lipinski definition) is 0. The average Bonchev–Trinajstić information content (AvgIpc) is 3.92. The number of aromatic nitrogens is 3. The van der Waals surface area contributed by atoms with Gasteiger partial charge in [-0.05, 0) is 83.4 Å². The zero-order valence-electron chi connectivity index (χ0n) is 31.0. The molecule has 0 aliphatic carbocycles. The lowest BCUT2D eigenvalue weighted by Gasteiger charge is -2.15. The first kappa shape index (κ1) is 31.7. The molecule has 3 heteroatoms. The Bertz CT molecular complexity index is 3450. The van der Waals surface area contributed by atoms with Crippen LogP contribution in [-0.2, 0) is 0 Å². The van der Waals surface area contributed by atoms with Gasteiger partial charge in [-0.2, -0.15) is 0 Å². The molecule has 3 heterocycles. The Balaban J connectivity index is 1.05. The third kappa shape index (κ3) is 4.79. The normalized spacial score (nSPS) is 11.9. The van der Waals surface area contributed by atoms with Crippen molar-refractivity contribution < 1.29 is 0 Å². The Morgan fingerprint density at radius 1 is 0.228 bits per heavy atom. The first-order valence-corrected chi connectivity index (χ1v) is 19.6. The minimum absolute atomic E-state index is 1.14. The van der Waals surface area contributed by atoms with Crippen LogP contribution in [0.2, 0.25) is 0 Å². The van der Waals surface area contributed by atoms with Crippen LogP contribution >= 0.6 is 0 Å². The van der Waals surface area contributed by atoms with Gasteiger partial charge in [0.25, 0.3) is 0 Å². The van der Waals surface area contributed by atoms with Gasteiger partial charge in [0.1, 0.15) is 0 Å². The molecule has 12 aromatic rings. The van der Waals surface area contributed by atoms with Crippen LogP contribution in [0.5, 0.6) is 0 Å². The number of benzene rings is 9. The van der Waals surface area contributed by atoms with Crippen molar-refractivity contribution in [1.29, 1.82) is 0 Å². The quantitative estimate of drug-likeness (QED) is 0.168. The topological polar surface area (TPSA) is 14.8 Å². The minimum atomic E-state index is 1.14. The molecule has 0 bridgehead atoms. The zero-order chi connectivity index (χ0) is 37.5. The first-order chi connectivity index (χ1) is 28.3. The Morgan fingerprint density at radius 3 is 1.32 bits per heavy atom. The predicted molar refractivity (Wildman–Crippen MR) is 240 cm³/mol. The molecule has 0 fully saturated rings. The molecular formula is C54H35N3. The predicted octanol–water partition coefficient (Wildman–Crippen LogP) is 14.3. The number of rotatable bonds is 5. The van der Waals surface area contributed by atoms with Crippen molar-refractivity contribution in [2.24, 2.45) is 0 Å². The van der Waals surface area contributed by atoms with E-state index in [0.29, 0.717) is 0 Å². The molecule has 266 valence electrons. The van der Waals surface area contributed by atoms with Crippen LogP contribution in [0.4, 0.5) is 0 Å². The highest BCUT2D eigenvalue weighted by Crippen LogP contribution is 2.41. The Hall–Kier alpha value is -7.62. The maximum Gasteiger partial charge on any atom is 0.0547 e. The van der Waals surface area contributed by atoms with Gasteiger partial charge in [0, 0.05) is 49.3 Å². The number of hydrogen-bond acceptors (Lipinski definition) is 0. The molecular weight excluding hydrogens is 691 g/mol. The van der Waals surface area contributed by atoms with E-state index in [-0.39, 0.29) is 0 Å². The third-order valence-corrected chi connectivity index (χ3v) is 11.9. The van der Waals surface area contributed by atoms with Crippen LogP contribution in [-0.4, -0.2) is 13.7 Å². The molecule has 0 aliphatic heterocycles. The number of nitrogens with zero attached hydrogens (tertiary/aromatic N) is 3. The van der Waals surface area contributed by atoms with E-state index in [2.05, 4.69) is 226 Å². The van der Waals surface area contributed by atoms with E-state index in [4.69, 9.17) is 0 Å². The second-order valence-electron chi connectivity index (χ2n) is 14.9. The molecule has 0 saturated carbocycles. The molecule has 3 aromatic heterocycles. The van der Waals surface area contributed by atoms with Crippen molar-refractivity contribution >= 4 is 65.4 Å². The summed E-state index contributed by atoms with van der Waals surface area (Å²) in [5.41, 5.74) is 15.5. The molecule has 57 heavy (non-hydrogen) atoms. The maximum absolute atomic E-state index is 2.46. The van der Waals surface area contributed by atoms with Gasteiger partial charge in [-0.15, -0.1) is 0 Å². The summed E-state index contributed by atoms with van der Waals surface area (Å²) in [7, 11) is 0. The molecule has 0 N–H and O–H groups in total. The van der Waals surface area contributed by atoms with Gasteiger partial charge in [-0.3, -0.25) is 0 Å². The summed E-state index contributed by atoms with van der Waals surface area (Å²) in [6.45, 7) is 0. The minimum Gasteiger partial charge on any atom is -0.309 e. The molecule has 0 aliphatic rings. The maximum atomic E-state index is 2.46. The molecule has 3 nitrogen and oxygen atoms in total. The summed E-state index contributed by atoms with van der Waals surface area (Å²) in [5.74, 6) is 0. The summed E-state index contributed by atoms with van der Waals surface area (Å²) >= 11 is 0. The van der Waals surface area contributed by atoms with E-state index in [1.807, 2.05) is 0 Å². The smallest absolute Gasteiger partial charge is 0.0547 e. The molecule has 9 aromatic carbocycles. The Labute approximate surface area is 329 Å². The first-order valence-electron chi connectivity index (χ1n) is 19.6. The summed E-state index contributed by atoms with van der Waals surface area (Å²) in [6.07, 6.45) is 0. The van der Waals surface area contributed by atoms with Crippen molar-refractivity contribution in [3.63, 3.8) is 0 Å². The van der Waals surface area contributed by atoms with Crippen LogP contribution < -0.4 is 0 Å². The van der Waals surface area contributed by atoms with Crippen LogP contribution in [0, 0.1) is 0 Å². The number of fused-ring (bicyclic) bond motifs is 9. The fraction of sp³-hybridized carbons (Fsp3) is 0. The molecule has 0 saturated heterocycles. The lowest BCUT2D eigenvalue weighted by atomic mass is 10.0. The molecule has 0 spiro atoms. The monoisotopic (exact) mass is 725 g/mol. The zero-order valence-corrected chi connectivity index (χ0v) is 31.0. The van der Waals surface area contributed by atoms with E-state index in [1.165, 1.54) is 93.4 Å². The van der Waals surface area contributed by atoms with Crippen LogP contribution in [0.1, 0.15) is 0 Å². The summed E-state index contributed by atoms with van der Waals surface area (Å²) in [6, 6.07) is 77.4. The van der Waals surface area contributed by atoms with E-state index in [1.54, 1.807) is 0 Å². The van der Waals surface area contributed by atoms with Gasteiger partial charge in [-0.25, -0.2) is 0 Å². The fourth-order valence-electron chi connectivity index (χ4n) is 9.32. The average molecular weight is 726 g/mol. The van der Waals surface area contributed by atoms with E-state index < -0.39 is 0 Å². The lowest BCUT2D eigenvalue weighted by Crippen LogP contribution is -1.98. The number of para-hydroxylation sites is 5. The van der Waals surface area contributed by atoms with E-state index in [9.17, 15) is 0 Å². The summed E-state index contributed by atoms with van der Waals surface area (Å²) in [4.78, 5) is 0. The standard InChI is InChI=1S/C54H35N3/c1-2-14-36(15-3-1)37-26-29-39(30-27-37)55-50-23-11-8-20-45(50)47-35-40(31-33-53(47)55)56-49-22-10-5-19-44(49)46-32-28-38(34-54(46)56)41-16-4-9-21-48(41)57-51-24-12-6-17-42(51)43-18-7-13-25-52(43)57/h1-35H. The lowest BCUT2D eigenvalue weighted by molar-refractivity contribution is 1.16. The van der Waals surface area contributed by atoms with Gasteiger partial charge in [0.05, 0.1) is 38.8 Å². The second-order valence-corrected chi connectivity index (χ2v) is 14.9. The second kappa shape index (κ2) is 12.5. The Morgan fingerprint density at radius 2 is 0.667 bits per heavy atom. The largest absolute Gasteiger partial charge is 0.309 e. The molecule has 0 atom stereocenters. The van der Waals surface area contributed by atoms with Crippen LogP contribution in [0.15, 0.2) is 212 Å². The van der Waals surface area contributed by atoms with Crippen molar-refractivity contribution in [2.45, 2.75) is 0 Å². The van der Waals surface area contributed by atoms with Gasteiger partial charge >= 0.3 is 0 Å². The Kier molecular flexibility index (Phi) is 6.93. The summed E-state index contributed by atoms with van der Waals surface area (Å²) in [5, 5.41) is 7.48. The fourth-order valence-corrected chi connectivity index (χ4v) is 9.32.